The van der Waals surface area contributed by atoms with Crippen molar-refractivity contribution in [1.29, 1.82) is 0 Å². The van der Waals surface area contributed by atoms with Crippen LogP contribution in [0.5, 0.6) is 5.75 Å². The zero-order chi connectivity index (χ0) is 13.3. The van der Waals surface area contributed by atoms with Gasteiger partial charge in [0.25, 0.3) is 0 Å². The summed E-state index contributed by atoms with van der Waals surface area (Å²) < 4.78 is 39.9. The van der Waals surface area contributed by atoms with Gasteiger partial charge in [-0.25, -0.2) is 0 Å². The molecule has 0 unspecified atom stereocenters. The summed E-state index contributed by atoms with van der Waals surface area (Å²) in [4.78, 5) is 10.7. The van der Waals surface area contributed by atoms with Gasteiger partial charge in [-0.15, -0.1) is 13.2 Å². The highest BCUT2D eigenvalue weighted by molar-refractivity contribution is 5.79. The van der Waals surface area contributed by atoms with Crippen LogP contribution in [0.4, 0.5) is 13.2 Å². The maximum absolute atomic E-state index is 12.1. The average molecular weight is 246 g/mol. The van der Waals surface area contributed by atoms with E-state index in [1.165, 1.54) is 12.1 Å². The van der Waals surface area contributed by atoms with E-state index in [0.717, 1.165) is 11.6 Å². The number of benzene rings is 1. The number of halogens is 3. The average Bonchev–Trinajstić information content (AvgIpc) is 2.14. The van der Waals surface area contributed by atoms with Crippen molar-refractivity contribution in [3.63, 3.8) is 0 Å². The van der Waals surface area contributed by atoms with Crippen LogP contribution in [0, 0.1) is 0 Å². The smallest absolute Gasteiger partial charge is 0.405 e. The number of hydrogen-bond acceptors (Lipinski definition) is 2. The lowest BCUT2D eigenvalue weighted by Crippen LogP contribution is -2.19. The lowest BCUT2D eigenvalue weighted by molar-refractivity contribution is -0.274. The number of aldehydes is 1. The quantitative estimate of drug-likeness (QED) is 0.744. The highest BCUT2D eigenvalue weighted by Gasteiger charge is 2.32. The molecule has 0 saturated carbocycles. The van der Waals surface area contributed by atoms with E-state index in [4.69, 9.17) is 0 Å². The van der Waals surface area contributed by atoms with Crippen molar-refractivity contribution in [2.24, 2.45) is 0 Å². The SMILES string of the molecule is CC(C)(C)c1ccc(OC(F)(F)F)c(C=O)c1. The molecule has 17 heavy (non-hydrogen) atoms. The number of alkyl halides is 3. The van der Waals surface area contributed by atoms with Crippen molar-refractivity contribution in [3.8, 4) is 5.75 Å². The first kappa shape index (κ1) is 13.5. The summed E-state index contributed by atoms with van der Waals surface area (Å²) in [7, 11) is 0. The van der Waals surface area contributed by atoms with Crippen LogP contribution < -0.4 is 4.74 Å². The van der Waals surface area contributed by atoms with Crippen molar-refractivity contribution in [2.75, 3.05) is 0 Å². The largest absolute Gasteiger partial charge is 0.573 e. The Kier molecular flexibility index (Phi) is 3.50. The van der Waals surface area contributed by atoms with Crippen LogP contribution in [0.15, 0.2) is 18.2 Å². The molecule has 0 atom stereocenters. The van der Waals surface area contributed by atoms with Gasteiger partial charge in [-0.3, -0.25) is 4.79 Å². The molecule has 5 heteroatoms. The van der Waals surface area contributed by atoms with E-state index in [9.17, 15) is 18.0 Å². The second-order valence-corrected chi connectivity index (χ2v) is 4.67. The molecule has 0 spiro atoms. The summed E-state index contributed by atoms with van der Waals surface area (Å²) in [6, 6.07) is 4.10. The number of carbonyl (C=O) groups excluding carboxylic acids is 1. The summed E-state index contributed by atoms with van der Waals surface area (Å²) in [6.07, 6.45) is -4.43. The minimum absolute atomic E-state index is 0.102. The molecule has 0 bridgehead atoms. The van der Waals surface area contributed by atoms with Crippen LogP contribution >= 0.6 is 0 Å². The molecule has 1 rings (SSSR count). The van der Waals surface area contributed by atoms with Crippen molar-refractivity contribution in [1.82, 2.24) is 0 Å². The van der Waals surface area contributed by atoms with E-state index in [0.29, 0.717) is 6.29 Å². The Morgan fingerprint density at radius 3 is 2.18 bits per heavy atom. The van der Waals surface area contributed by atoms with Crippen LogP contribution in [-0.2, 0) is 5.41 Å². The first-order chi connectivity index (χ1) is 7.63. The Morgan fingerprint density at radius 2 is 1.76 bits per heavy atom. The van der Waals surface area contributed by atoms with Gasteiger partial charge in [0.2, 0.25) is 0 Å². The van der Waals surface area contributed by atoms with Gasteiger partial charge < -0.3 is 4.74 Å². The van der Waals surface area contributed by atoms with E-state index in [-0.39, 0.29) is 11.0 Å². The van der Waals surface area contributed by atoms with E-state index < -0.39 is 12.1 Å². The maximum Gasteiger partial charge on any atom is 0.573 e. The molecule has 0 aliphatic rings. The minimum Gasteiger partial charge on any atom is -0.405 e. The third-order valence-electron chi connectivity index (χ3n) is 2.23. The molecule has 1 aromatic rings. The van der Waals surface area contributed by atoms with Crippen molar-refractivity contribution in [2.45, 2.75) is 32.5 Å². The Morgan fingerprint density at radius 1 is 1.18 bits per heavy atom. The Balaban J connectivity index is 3.15. The monoisotopic (exact) mass is 246 g/mol. The molecule has 94 valence electrons. The Labute approximate surface area is 97.4 Å². The Bertz CT molecular complexity index is 417. The zero-order valence-corrected chi connectivity index (χ0v) is 9.76. The molecule has 0 aliphatic carbocycles. The van der Waals surface area contributed by atoms with Crippen molar-refractivity contribution < 1.29 is 22.7 Å². The molecule has 0 saturated heterocycles. The zero-order valence-electron chi connectivity index (χ0n) is 9.76. The molecule has 0 amide bonds. The van der Waals surface area contributed by atoms with Gasteiger partial charge in [0.1, 0.15) is 5.75 Å². The minimum atomic E-state index is -4.79. The van der Waals surface area contributed by atoms with Gasteiger partial charge in [0, 0.05) is 0 Å². The molecule has 0 fully saturated rings. The van der Waals surface area contributed by atoms with Crippen LogP contribution in [0.3, 0.4) is 0 Å². The number of carbonyl (C=O) groups is 1. The van der Waals surface area contributed by atoms with E-state index in [2.05, 4.69) is 4.74 Å². The van der Waals surface area contributed by atoms with Gasteiger partial charge in [-0.05, 0) is 23.1 Å². The summed E-state index contributed by atoms with van der Waals surface area (Å²) in [5.41, 5.74) is 0.429. The van der Waals surface area contributed by atoms with Gasteiger partial charge in [0.15, 0.2) is 6.29 Å². The van der Waals surface area contributed by atoms with Crippen molar-refractivity contribution in [3.05, 3.63) is 29.3 Å². The molecule has 2 nitrogen and oxygen atoms in total. The molecule has 0 radical (unpaired) electrons. The molecular formula is C12H13F3O2. The highest BCUT2D eigenvalue weighted by Crippen LogP contribution is 2.30. The van der Waals surface area contributed by atoms with Gasteiger partial charge in [-0.1, -0.05) is 26.8 Å². The summed E-state index contributed by atoms with van der Waals surface area (Å²) in [6.45, 7) is 5.71. The van der Waals surface area contributed by atoms with Crippen LogP contribution in [-0.4, -0.2) is 12.6 Å². The van der Waals surface area contributed by atoms with E-state index >= 15 is 0 Å². The third kappa shape index (κ3) is 3.76. The first-order valence-electron chi connectivity index (χ1n) is 4.99. The molecule has 1 aromatic carbocycles. The summed E-state index contributed by atoms with van der Waals surface area (Å²) in [5.74, 6) is -0.472. The fourth-order valence-electron chi connectivity index (χ4n) is 1.32. The lowest BCUT2D eigenvalue weighted by Gasteiger charge is -2.20. The second kappa shape index (κ2) is 4.39. The highest BCUT2D eigenvalue weighted by atomic mass is 19.4. The van der Waals surface area contributed by atoms with Gasteiger partial charge >= 0.3 is 6.36 Å². The lowest BCUT2D eigenvalue weighted by atomic mass is 9.86. The first-order valence-corrected chi connectivity index (χ1v) is 4.99. The fraction of sp³-hybridized carbons (Fsp3) is 0.417. The predicted molar refractivity (Wildman–Crippen MR) is 57.2 cm³/mol. The predicted octanol–water partition coefficient (Wildman–Crippen LogP) is 3.70. The summed E-state index contributed by atoms with van der Waals surface area (Å²) in [5, 5.41) is 0. The van der Waals surface area contributed by atoms with Crippen LogP contribution in [0.2, 0.25) is 0 Å². The molecular weight excluding hydrogens is 233 g/mol. The third-order valence-corrected chi connectivity index (χ3v) is 2.23. The molecule has 0 heterocycles. The number of rotatable bonds is 2. The topological polar surface area (TPSA) is 26.3 Å². The normalized spacial score (nSPS) is 12.4. The van der Waals surface area contributed by atoms with E-state index in [1.54, 1.807) is 0 Å². The second-order valence-electron chi connectivity index (χ2n) is 4.67. The Hall–Kier alpha value is -1.52. The molecule has 0 N–H and O–H groups in total. The van der Waals surface area contributed by atoms with Gasteiger partial charge in [0.05, 0.1) is 5.56 Å². The van der Waals surface area contributed by atoms with Crippen LogP contribution in [0.25, 0.3) is 0 Å². The maximum atomic E-state index is 12.1. The van der Waals surface area contributed by atoms with E-state index in [1.807, 2.05) is 20.8 Å². The molecule has 0 aliphatic heterocycles. The fourth-order valence-corrected chi connectivity index (χ4v) is 1.32. The number of ether oxygens (including phenoxy) is 1. The van der Waals surface area contributed by atoms with Gasteiger partial charge in [-0.2, -0.15) is 0 Å². The van der Waals surface area contributed by atoms with Crippen molar-refractivity contribution >= 4 is 6.29 Å². The molecule has 0 aromatic heterocycles. The van der Waals surface area contributed by atoms with Crippen LogP contribution in [0.1, 0.15) is 36.7 Å². The summed E-state index contributed by atoms with van der Waals surface area (Å²) >= 11 is 0. The standard InChI is InChI=1S/C12H13F3O2/c1-11(2,3)9-4-5-10(8(6-9)7-16)17-12(13,14)15/h4-7H,1-3H3. The number of hydrogen-bond donors (Lipinski definition) is 0.